The number of ether oxygens (including phenoxy) is 2. The minimum absolute atomic E-state index is 0.129. The summed E-state index contributed by atoms with van der Waals surface area (Å²) in [7, 11) is 1.66. The Kier molecular flexibility index (Phi) is 8.48. The van der Waals surface area contributed by atoms with Gasteiger partial charge in [-0.3, -0.25) is 4.79 Å². The summed E-state index contributed by atoms with van der Waals surface area (Å²) in [6.07, 6.45) is -3.34. The lowest BCUT2D eigenvalue weighted by atomic mass is 10.2. The molecule has 32 heavy (non-hydrogen) atoms. The van der Waals surface area contributed by atoms with Gasteiger partial charge in [0.25, 0.3) is 0 Å². The Morgan fingerprint density at radius 2 is 1.81 bits per heavy atom. The number of aromatic nitrogens is 1. The van der Waals surface area contributed by atoms with E-state index in [2.05, 4.69) is 4.98 Å². The number of hydrogen-bond donors (Lipinski definition) is 1. The molecule has 0 aliphatic heterocycles. The first-order chi connectivity index (χ1) is 14.8. The zero-order chi connectivity index (χ0) is 23.9. The number of hydrogen-bond acceptors (Lipinski definition) is 6. The van der Waals surface area contributed by atoms with Crippen LogP contribution in [0.4, 0.5) is 18.0 Å². The summed E-state index contributed by atoms with van der Waals surface area (Å²) in [5.41, 5.74) is 0.302. The number of nitrogens with zero attached hydrogens (tertiary/aromatic N) is 2. The fourth-order valence-corrected chi connectivity index (χ4v) is 3.38. The Morgan fingerprint density at radius 1 is 1.16 bits per heavy atom. The molecule has 1 N–H and O–H groups in total. The van der Waals surface area contributed by atoms with E-state index < -0.39 is 23.8 Å². The molecule has 0 unspecified atom stereocenters. The highest BCUT2D eigenvalue weighted by Crippen LogP contribution is 2.27. The fourth-order valence-electron chi connectivity index (χ4n) is 2.41. The minimum atomic E-state index is -4.88. The van der Waals surface area contributed by atoms with E-state index in [4.69, 9.17) is 9.47 Å². The monoisotopic (exact) mass is 473 g/mol. The molecule has 2 rings (SSSR count). The lowest BCUT2D eigenvalue weighted by Crippen LogP contribution is -2.37. The SMILES string of the molecule is CN(Cc1cnc(-c2ccc(OCCCNC(=O)C(F)(F)F)cc2)s1)C(=O)OC(C)(C)C. The van der Waals surface area contributed by atoms with Gasteiger partial charge in [-0.25, -0.2) is 9.78 Å². The van der Waals surface area contributed by atoms with Gasteiger partial charge < -0.3 is 19.7 Å². The van der Waals surface area contributed by atoms with Gasteiger partial charge >= 0.3 is 18.2 Å². The molecule has 1 aromatic heterocycles. The maximum atomic E-state index is 12.1. The van der Waals surface area contributed by atoms with Crippen LogP contribution in [0.5, 0.6) is 5.75 Å². The number of amides is 2. The molecule has 176 valence electrons. The standard InChI is InChI=1S/C21H26F3N3O4S/c1-20(2,3)31-19(29)27(4)13-16-12-26-17(32-16)14-6-8-15(9-7-14)30-11-5-10-25-18(28)21(22,23)24/h6-9,12H,5,10-11,13H2,1-4H3,(H,25,28). The van der Waals surface area contributed by atoms with Gasteiger partial charge in [0.1, 0.15) is 16.4 Å². The van der Waals surface area contributed by atoms with Crippen molar-refractivity contribution in [3.8, 4) is 16.3 Å². The van der Waals surface area contributed by atoms with E-state index in [9.17, 15) is 22.8 Å². The van der Waals surface area contributed by atoms with Crippen LogP contribution in [0.2, 0.25) is 0 Å². The molecule has 7 nitrogen and oxygen atoms in total. The topological polar surface area (TPSA) is 80.8 Å². The van der Waals surface area contributed by atoms with Crippen LogP contribution in [-0.4, -0.2) is 53.9 Å². The van der Waals surface area contributed by atoms with Crippen molar-refractivity contribution in [3.63, 3.8) is 0 Å². The van der Waals surface area contributed by atoms with Gasteiger partial charge in [0.15, 0.2) is 0 Å². The number of rotatable bonds is 8. The second kappa shape index (κ2) is 10.7. The van der Waals surface area contributed by atoms with Crippen molar-refractivity contribution in [1.82, 2.24) is 15.2 Å². The Bertz CT molecular complexity index is 908. The van der Waals surface area contributed by atoms with Crippen molar-refractivity contribution in [1.29, 1.82) is 0 Å². The first-order valence-corrected chi connectivity index (χ1v) is 10.6. The van der Waals surface area contributed by atoms with Crippen LogP contribution >= 0.6 is 11.3 Å². The lowest BCUT2D eigenvalue weighted by molar-refractivity contribution is -0.173. The molecule has 0 radical (unpaired) electrons. The number of halogens is 3. The van der Waals surface area contributed by atoms with Gasteiger partial charge in [0.2, 0.25) is 0 Å². The smallest absolute Gasteiger partial charge is 0.471 e. The summed E-state index contributed by atoms with van der Waals surface area (Å²) in [5, 5.41) is 2.57. The highest BCUT2D eigenvalue weighted by Gasteiger charge is 2.38. The summed E-state index contributed by atoms with van der Waals surface area (Å²) in [6.45, 7) is 5.83. The molecular weight excluding hydrogens is 447 g/mol. The summed E-state index contributed by atoms with van der Waals surface area (Å²) in [6, 6.07) is 7.11. The summed E-state index contributed by atoms with van der Waals surface area (Å²) < 4.78 is 47.1. The van der Waals surface area contributed by atoms with E-state index in [-0.39, 0.29) is 19.6 Å². The predicted molar refractivity (Wildman–Crippen MR) is 114 cm³/mol. The second-order valence-electron chi connectivity index (χ2n) is 7.95. The van der Waals surface area contributed by atoms with Crippen LogP contribution in [0, 0.1) is 0 Å². The molecule has 0 fully saturated rings. The number of carbonyl (C=O) groups is 2. The van der Waals surface area contributed by atoms with Gasteiger partial charge in [-0.1, -0.05) is 0 Å². The number of benzene rings is 1. The van der Waals surface area contributed by atoms with E-state index in [0.29, 0.717) is 12.3 Å². The van der Waals surface area contributed by atoms with Crippen LogP contribution in [0.3, 0.4) is 0 Å². The lowest BCUT2D eigenvalue weighted by Gasteiger charge is -2.24. The molecule has 0 saturated heterocycles. The Morgan fingerprint density at radius 3 is 2.41 bits per heavy atom. The molecule has 2 amide bonds. The number of alkyl halides is 3. The van der Waals surface area contributed by atoms with Crippen molar-refractivity contribution < 1.29 is 32.2 Å². The predicted octanol–water partition coefficient (Wildman–Crippen LogP) is 4.62. The quantitative estimate of drug-likeness (QED) is 0.566. The second-order valence-corrected chi connectivity index (χ2v) is 9.06. The van der Waals surface area contributed by atoms with E-state index in [1.54, 1.807) is 30.7 Å². The average molecular weight is 474 g/mol. The van der Waals surface area contributed by atoms with Gasteiger partial charge in [-0.2, -0.15) is 13.2 Å². The number of carbonyl (C=O) groups excluding carboxylic acids is 2. The minimum Gasteiger partial charge on any atom is -0.494 e. The Labute approximate surface area is 188 Å². The van der Waals surface area contributed by atoms with Crippen molar-refractivity contribution in [2.24, 2.45) is 0 Å². The molecule has 0 bridgehead atoms. The Balaban J connectivity index is 1.81. The number of nitrogens with one attached hydrogen (secondary N) is 1. The molecule has 0 aliphatic rings. The zero-order valence-corrected chi connectivity index (χ0v) is 19.1. The summed E-state index contributed by atoms with van der Waals surface area (Å²) in [4.78, 5) is 29.6. The molecule has 0 aliphatic carbocycles. The third-order valence-electron chi connectivity index (χ3n) is 3.89. The van der Waals surface area contributed by atoms with Gasteiger partial charge in [0.05, 0.1) is 13.2 Å². The first-order valence-electron chi connectivity index (χ1n) is 9.82. The highest BCUT2D eigenvalue weighted by molar-refractivity contribution is 7.15. The summed E-state index contributed by atoms with van der Waals surface area (Å²) in [5.74, 6) is -1.40. The molecule has 1 heterocycles. The van der Waals surface area contributed by atoms with Crippen LogP contribution in [-0.2, 0) is 16.1 Å². The molecule has 2 aromatic rings. The number of thiazole rings is 1. The van der Waals surface area contributed by atoms with Crippen LogP contribution in [0.25, 0.3) is 10.6 Å². The molecule has 11 heteroatoms. The Hall–Kier alpha value is -2.82. The maximum absolute atomic E-state index is 12.1. The third kappa shape index (κ3) is 8.37. The molecule has 0 atom stereocenters. The molecular formula is C21H26F3N3O4S. The van der Waals surface area contributed by atoms with Gasteiger partial charge in [-0.15, -0.1) is 11.3 Å². The third-order valence-corrected chi connectivity index (χ3v) is 4.92. The van der Waals surface area contributed by atoms with Crippen LogP contribution in [0.15, 0.2) is 30.5 Å². The van der Waals surface area contributed by atoms with E-state index in [1.807, 2.05) is 32.9 Å². The maximum Gasteiger partial charge on any atom is 0.471 e. The largest absolute Gasteiger partial charge is 0.494 e. The van der Waals surface area contributed by atoms with Gasteiger partial charge in [0, 0.05) is 30.2 Å². The van der Waals surface area contributed by atoms with Crippen molar-refractivity contribution in [2.45, 2.75) is 45.5 Å². The molecule has 0 saturated carbocycles. The van der Waals surface area contributed by atoms with Crippen molar-refractivity contribution in [2.75, 3.05) is 20.2 Å². The zero-order valence-electron chi connectivity index (χ0n) is 18.3. The fraction of sp³-hybridized carbons (Fsp3) is 0.476. The normalized spacial score (nSPS) is 11.7. The highest BCUT2D eigenvalue weighted by atomic mass is 32.1. The van der Waals surface area contributed by atoms with E-state index in [1.165, 1.54) is 16.2 Å². The van der Waals surface area contributed by atoms with E-state index >= 15 is 0 Å². The van der Waals surface area contributed by atoms with Gasteiger partial charge in [-0.05, 0) is 51.5 Å². The van der Waals surface area contributed by atoms with Crippen LogP contribution < -0.4 is 10.1 Å². The molecule has 0 spiro atoms. The first kappa shape index (κ1) is 25.4. The summed E-state index contributed by atoms with van der Waals surface area (Å²) >= 11 is 1.45. The van der Waals surface area contributed by atoms with Crippen molar-refractivity contribution in [3.05, 3.63) is 35.3 Å². The average Bonchev–Trinajstić information content (AvgIpc) is 3.14. The molecule has 1 aromatic carbocycles. The van der Waals surface area contributed by atoms with Crippen LogP contribution in [0.1, 0.15) is 32.1 Å². The van der Waals surface area contributed by atoms with Crippen molar-refractivity contribution >= 4 is 23.3 Å². The van der Waals surface area contributed by atoms with E-state index in [0.717, 1.165) is 15.4 Å².